The zero-order valence-corrected chi connectivity index (χ0v) is 10.3. The molecule has 1 aliphatic heterocycles. The zero-order valence-electron chi connectivity index (χ0n) is 10.3. The summed E-state index contributed by atoms with van der Waals surface area (Å²) in [5, 5.41) is 9.51. The molecule has 1 aromatic rings. The van der Waals surface area contributed by atoms with E-state index in [1.54, 1.807) is 0 Å². The Labute approximate surface area is 102 Å². The van der Waals surface area contributed by atoms with Crippen LogP contribution in [0.15, 0.2) is 24.4 Å². The summed E-state index contributed by atoms with van der Waals surface area (Å²) in [6.07, 6.45) is 2.75. The second-order valence-electron chi connectivity index (χ2n) is 4.95. The van der Waals surface area contributed by atoms with E-state index in [-0.39, 0.29) is 12.0 Å². The van der Waals surface area contributed by atoms with Gasteiger partial charge < -0.3 is 9.84 Å². The average Bonchev–Trinajstić information content (AvgIpc) is 2.79. The van der Waals surface area contributed by atoms with Crippen molar-refractivity contribution >= 4 is 0 Å². The lowest BCUT2D eigenvalue weighted by molar-refractivity contribution is 0.0621. The summed E-state index contributed by atoms with van der Waals surface area (Å²) in [6.45, 7) is 3.27. The molecule has 1 aromatic heterocycles. The van der Waals surface area contributed by atoms with Gasteiger partial charge in [-0.2, -0.15) is 0 Å². The zero-order chi connectivity index (χ0) is 12.1. The van der Waals surface area contributed by atoms with Gasteiger partial charge in [-0.15, -0.1) is 0 Å². The first-order valence-corrected chi connectivity index (χ1v) is 6.01. The predicted octanol–water partition coefficient (Wildman–Crippen LogP) is 0.912. The minimum atomic E-state index is -0.0798. The van der Waals surface area contributed by atoms with Crippen molar-refractivity contribution in [2.75, 3.05) is 33.4 Å². The minimum absolute atomic E-state index is 0.0798. The van der Waals surface area contributed by atoms with Gasteiger partial charge >= 0.3 is 0 Å². The molecule has 94 valence electrons. The van der Waals surface area contributed by atoms with Crippen molar-refractivity contribution < 1.29 is 9.84 Å². The number of pyridine rings is 1. The number of aliphatic hydroxyl groups is 1. The minimum Gasteiger partial charge on any atom is -0.396 e. The van der Waals surface area contributed by atoms with Crippen LogP contribution in [-0.2, 0) is 11.3 Å². The molecule has 4 heteroatoms. The van der Waals surface area contributed by atoms with Crippen molar-refractivity contribution in [3.8, 4) is 0 Å². The Bertz CT molecular complexity index is 337. The predicted molar refractivity (Wildman–Crippen MR) is 65.5 cm³/mol. The molecule has 0 amide bonds. The summed E-state index contributed by atoms with van der Waals surface area (Å²) in [4.78, 5) is 6.51. The highest BCUT2D eigenvalue weighted by Gasteiger charge is 2.35. The molecule has 2 rings (SSSR count). The van der Waals surface area contributed by atoms with Crippen molar-refractivity contribution in [1.82, 2.24) is 9.88 Å². The lowest BCUT2D eigenvalue weighted by Crippen LogP contribution is -2.38. The van der Waals surface area contributed by atoms with Gasteiger partial charge in [-0.1, -0.05) is 6.07 Å². The van der Waals surface area contributed by atoms with Gasteiger partial charge in [0, 0.05) is 31.3 Å². The molecule has 17 heavy (non-hydrogen) atoms. The number of aliphatic hydroxyl groups excluding tert-OH is 1. The molecule has 0 spiro atoms. The number of ether oxygens (including phenoxy) is 1. The highest BCUT2D eigenvalue weighted by molar-refractivity contribution is 5.03. The van der Waals surface area contributed by atoms with E-state index in [4.69, 9.17) is 4.74 Å². The second kappa shape index (κ2) is 5.58. The van der Waals surface area contributed by atoms with E-state index < -0.39 is 0 Å². The van der Waals surface area contributed by atoms with Crippen LogP contribution in [0, 0.1) is 5.41 Å². The molecule has 4 nitrogen and oxygen atoms in total. The van der Waals surface area contributed by atoms with E-state index in [0.717, 1.165) is 31.8 Å². The fourth-order valence-corrected chi connectivity index (χ4v) is 2.35. The van der Waals surface area contributed by atoms with E-state index in [1.165, 1.54) is 0 Å². The number of nitrogens with zero attached hydrogens (tertiary/aromatic N) is 2. The van der Waals surface area contributed by atoms with Crippen molar-refractivity contribution in [1.29, 1.82) is 0 Å². The Morgan fingerprint density at radius 3 is 3.00 bits per heavy atom. The molecule has 1 aliphatic rings. The molecule has 1 N–H and O–H groups in total. The Hall–Kier alpha value is -0.970. The summed E-state index contributed by atoms with van der Waals surface area (Å²) in [5.74, 6) is 0. The monoisotopic (exact) mass is 236 g/mol. The molecule has 1 saturated heterocycles. The largest absolute Gasteiger partial charge is 0.396 e. The van der Waals surface area contributed by atoms with Gasteiger partial charge in [0.05, 0.1) is 18.9 Å². The van der Waals surface area contributed by atoms with Crippen molar-refractivity contribution in [2.24, 2.45) is 5.41 Å². The summed E-state index contributed by atoms with van der Waals surface area (Å²) in [7, 11) is 2.06. The average molecular weight is 236 g/mol. The van der Waals surface area contributed by atoms with Crippen LogP contribution in [0.2, 0.25) is 0 Å². The molecule has 0 saturated carbocycles. The normalized spacial score (nSPS) is 24.4. The highest BCUT2D eigenvalue weighted by atomic mass is 16.5. The van der Waals surface area contributed by atoms with Gasteiger partial charge in [0.25, 0.3) is 0 Å². The highest BCUT2D eigenvalue weighted by Crippen LogP contribution is 2.29. The van der Waals surface area contributed by atoms with Crippen molar-refractivity contribution in [2.45, 2.75) is 13.0 Å². The van der Waals surface area contributed by atoms with Gasteiger partial charge in [-0.05, 0) is 25.6 Å². The van der Waals surface area contributed by atoms with E-state index >= 15 is 0 Å². The third-order valence-corrected chi connectivity index (χ3v) is 3.28. The van der Waals surface area contributed by atoms with Crippen LogP contribution in [0.25, 0.3) is 0 Å². The molecule has 1 fully saturated rings. The summed E-state index contributed by atoms with van der Waals surface area (Å²) >= 11 is 0. The number of aromatic nitrogens is 1. The Balaban J connectivity index is 1.90. The van der Waals surface area contributed by atoms with E-state index in [1.807, 2.05) is 24.4 Å². The van der Waals surface area contributed by atoms with Gasteiger partial charge in [-0.3, -0.25) is 9.88 Å². The summed E-state index contributed by atoms with van der Waals surface area (Å²) < 4.78 is 5.40. The number of hydrogen-bond donors (Lipinski definition) is 1. The van der Waals surface area contributed by atoms with Gasteiger partial charge in [0.2, 0.25) is 0 Å². The van der Waals surface area contributed by atoms with Gasteiger partial charge in [0.1, 0.15) is 0 Å². The molecule has 1 unspecified atom stereocenters. The van der Waals surface area contributed by atoms with Crippen LogP contribution in [0.3, 0.4) is 0 Å². The second-order valence-corrected chi connectivity index (χ2v) is 4.95. The molecule has 0 bridgehead atoms. The van der Waals surface area contributed by atoms with Crippen LogP contribution in [0.1, 0.15) is 12.1 Å². The summed E-state index contributed by atoms with van der Waals surface area (Å²) in [6, 6.07) is 5.94. The maximum atomic E-state index is 9.51. The first kappa shape index (κ1) is 12.5. The van der Waals surface area contributed by atoms with Gasteiger partial charge in [-0.25, -0.2) is 0 Å². The maximum absolute atomic E-state index is 9.51. The van der Waals surface area contributed by atoms with Crippen LogP contribution < -0.4 is 0 Å². The molecule has 0 aromatic carbocycles. The smallest absolute Gasteiger partial charge is 0.0557 e. The SMILES string of the molecule is CN(Cc1ccccn1)CC1(CO)CCOC1. The molecular formula is C13H20N2O2. The Morgan fingerprint density at radius 1 is 1.53 bits per heavy atom. The Morgan fingerprint density at radius 2 is 2.41 bits per heavy atom. The van der Waals surface area contributed by atoms with E-state index in [2.05, 4.69) is 16.9 Å². The number of hydrogen-bond acceptors (Lipinski definition) is 4. The van der Waals surface area contributed by atoms with Crippen LogP contribution in [-0.4, -0.2) is 48.4 Å². The van der Waals surface area contributed by atoms with Crippen LogP contribution in [0.4, 0.5) is 0 Å². The van der Waals surface area contributed by atoms with E-state index in [0.29, 0.717) is 6.61 Å². The van der Waals surface area contributed by atoms with Crippen LogP contribution >= 0.6 is 0 Å². The molecule has 0 aliphatic carbocycles. The maximum Gasteiger partial charge on any atom is 0.0557 e. The third kappa shape index (κ3) is 3.25. The first-order valence-electron chi connectivity index (χ1n) is 6.01. The van der Waals surface area contributed by atoms with E-state index in [9.17, 15) is 5.11 Å². The fraction of sp³-hybridized carbons (Fsp3) is 0.615. The first-order chi connectivity index (χ1) is 8.24. The third-order valence-electron chi connectivity index (χ3n) is 3.28. The standard InChI is InChI=1S/C13H20N2O2/c1-15(8-12-4-2-3-6-14-12)9-13(10-16)5-7-17-11-13/h2-4,6,16H,5,7-11H2,1H3. The quantitative estimate of drug-likeness (QED) is 0.825. The Kier molecular flexibility index (Phi) is 4.10. The summed E-state index contributed by atoms with van der Waals surface area (Å²) in [5.41, 5.74) is 0.978. The molecular weight excluding hydrogens is 216 g/mol. The lowest BCUT2D eigenvalue weighted by atomic mass is 9.88. The lowest BCUT2D eigenvalue weighted by Gasteiger charge is -2.30. The van der Waals surface area contributed by atoms with Crippen molar-refractivity contribution in [3.05, 3.63) is 30.1 Å². The van der Waals surface area contributed by atoms with Crippen LogP contribution in [0.5, 0.6) is 0 Å². The topological polar surface area (TPSA) is 45.6 Å². The molecule has 2 heterocycles. The van der Waals surface area contributed by atoms with Crippen molar-refractivity contribution in [3.63, 3.8) is 0 Å². The van der Waals surface area contributed by atoms with Gasteiger partial charge in [0.15, 0.2) is 0 Å². The molecule has 0 radical (unpaired) electrons. The number of rotatable bonds is 5. The molecule has 1 atom stereocenters. The fourth-order valence-electron chi connectivity index (χ4n) is 2.35.